The lowest BCUT2D eigenvalue weighted by molar-refractivity contribution is -0.129. The molecule has 0 saturated carbocycles. The summed E-state index contributed by atoms with van der Waals surface area (Å²) in [7, 11) is 0. The maximum absolute atomic E-state index is 12.0. The minimum absolute atomic E-state index is 0.0583. The van der Waals surface area contributed by atoms with E-state index in [-0.39, 0.29) is 11.5 Å². The van der Waals surface area contributed by atoms with Crippen molar-refractivity contribution in [2.75, 3.05) is 0 Å². The van der Waals surface area contributed by atoms with E-state index in [0.29, 0.717) is 24.2 Å². The zero-order valence-corrected chi connectivity index (χ0v) is 17.5. The number of rotatable bonds is 2. The maximum Gasteiger partial charge on any atom is 0.336 e. The second-order valence-corrected chi connectivity index (χ2v) is 7.92. The molecule has 5 nitrogen and oxygen atoms in total. The van der Waals surface area contributed by atoms with Crippen molar-refractivity contribution in [1.29, 1.82) is 0 Å². The number of aromatic amines is 1. The average molecular weight is 420 g/mol. The van der Waals surface area contributed by atoms with Crippen LogP contribution in [0.4, 0.5) is 0 Å². The van der Waals surface area contributed by atoms with Crippen LogP contribution in [0.15, 0.2) is 66.9 Å². The van der Waals surface area contributed by atoms with Crippen LogP contribution in [0.1, 0.15) is 39.5 Å². The summed E-state index contributed by atoms with van der Waals surface area (Å²) in [5.41, 5.74) is 6.29. The number of benzene rings is 3. The summed E-state index contributed by atoms with van der Waals surface area (Å²) in [5.74, 6) is 5.44. The SMILES string of the molecule is CC(=O)N1Cc2ccc(C#Cc3cccc(C(=O)O)c3-c3ccc4cc[nH]c4c3)cc2C1. The minimum atomic E-state index is -0.989. The second-order valence-electron chi connectivity index (χ2n) is 7.92. The van der Waals surface area contributed by atoms with Crippen LogP contribution >= 0.6 is 0 Å². The summed E-state index contributed by atoms with van der Waals surface area (Å²) in [6, 6.07) is 19.0. The van der Waals surface area contributed by atoms with Crippen molar-refractivity contribution in [2.45, 2.75) is 20.0 Å². The molecule has 0 atom stereocenters. The highest BCUT2D eigenvalue weighted by atomic mass is 16.4. The molecule has 0 spiro atoms. The van der Waals surface area contributed by atoms with E-state index in [1.807, 2.05) is 54.7 Å². The van der Waals surface area contributed by atoms with Crippen LogP contribution in [-0.4, -0.2) is 26.9 Å². The fourth-order valence-electron chi connectivity index (χ4n) is 4.18. The number of hydrogen-bond acceptors (Lipinski definition) is 2. The lowest BCUT2D eigenvalue weighted by atomic mass is 9.93. The number of carboxylic acids is 1. The quantitative estimate of drug-likeness (QED) is 0.458. The number of aromatic carboxylic acids is 1. The monoisotopic (exact) mass is 420 g/mol. The highest BCUT2D eigenvalue weighted by Gasteiger charge is 2.20. The molecule has 0 fully saturated rings. The van der Waals surface area contributed by atoms with Gasteiger partial charge in [-0.2, -0.15) is 0 Å². The molecule has 1 aliphatic heterocycles. The smallest absolute Gasteiger partial charge is 0.336 e. The number of carbonyl (C=O) groups excluding carboxylic acids is 1. The van der Waals surface area contributed by atoms with Crippen molar-refractivity contribution in [3.63, 3.8) is 0 Å². The molecule has 156 valence electrons. The van der Waals surface area contributed by atoms with Gasteiger partial charge in [0.2, 0.25) is 5.91 Å². The van der Waals surface area contributed by atoms with Crippen LogP contribution in [0.25, 0.3) is 22.0 Å². The van der Waals surface area contributed by atoms with Gasteiger partial charge >= 0.3 is 5.97 Å². The molecule has 4 aromatic rings. The van der Waals surface area contributed by atoms with Gasteiger partial charge in [-0.3, -0.25) is 4.79 Å². The van der Waals surface area contributed by atoms with Gasteiger partial charge < -0.3 is 15.0 Å². The largest absolute Gasteiger partial charge is 0.478 e. The van der Waals surface area contributed by atoms with E-state index in [9.17, 15) is 14.7 Å². The highest BCUT2D eigenvalue weighted by Crippen LogP contribution is 2.30. The number of nitrogens with zero attached hydrogens (tertiary/aromatic N) is 1. The van der Waals surface area contributed by atoms with Crippen molar-refractivity contribution in [3.8, 4) is 23.0 Å². The lowest BCUT2D eigenvalue weighted by Gasteiger charge is -2.10. The summed E-state index contributed by atoms with van der Waals surface area (Å²) in [4.78, 5) is 28.6. The second kappa shape index (κ2) is 7.75. The first-order chi connectivity index (χ1) is 15.5. The summed E-state index contributed by atoms with van der Waals surface area (Å²) < 4.78 is 0. The molecule has 0 radical (unpaired) electrons. The zero-order valence-electron chi connectivity index (χ0n) is 17.5. The Bertz CT molecular complexity index is 1450. The Morgan fingerprint density at radius 3 is 2.62 bits per heavy atom. The van der Waals surface area contributed by atoms with Gasteiger partial charge in [-0.15, -0.1) is 0 Å². The predicted octanol–water partition coefficient (Wildman–Crippen LogP) is 4.80. The average Bonchev–Trinajstić information content (AvgIpc) is 3.43. The predicted molar refractivity (Wildman–Crippen MR) is 123 cm³/mol. The van der Waals surface area contributed by atoms with Gasteiger partial charge in [0, 0.05) is 48.4 Å². The van der Waals surface area contributed by atoms with E-state index in [2.05, 4.69) is 16.8 Å². The Morgan fingerprint density at radius 2 is 1.81 bits per heavy atom. The number of fused-ring (bicyclic) bond motifs is 2. The molecule has 0 unspecified atom stereocenters. The zero-order chi connectivity index (χ0) is 22.2. The molecule has 0 saturated heterocycles. The standard InChI is InChI=1S/C27H20N2O3/c1-17(30)29-15-22-8-6-18(13-23(22)16-29)5-7-20-3-2-4-24(27(31)32)26(20)21-10-9-19-11-12-28-25(19)14-21/h2-4,6,8-14,28H,15-16H2,1H3,(H,31,32). The third kappa shape index (κ3) is 3.52. The van der Waals surface area contributed by atoms with E-state index in [1.54, 1.807) is 24.0 Å². The number of H-pyrrole nitrogens is 1. The number of amides is 1. The minimum Gasteiger partial charge on any atom is -0.478 e. The van der Waals surface area contributed by atoms with Crippen LogP contribution in [0, 0.1) is 11.8 Å². The van der Waals surface area contributed by atoms with Gasteiger partial charge in [-0.1, -0.05) is 36.1 Å². The van der Waals surface area contributed by atoms with Crippen molar-refractivity contribution < 1.29 is 14.7 Å². The summed E-state index contributed by atoms with van der Waals surface area (Å²) >= 11 is 0. The Hall–Kier alpha value is -4.30. The van der Waals surface area contributed by atoms with Crippen LogP contribution in [0.3, 0.4) is 0 Å². The molecule has 2 heterocycles. The number of aromatic nitrogens is 1. The van der Waals surface area contributed by atoms with Crippen LogP contribution in [0.5, 0.6) is 0 Å². The molecule has 1 aliphatic rings. The first kappa shape index (κ1) is 19.7. The molecular formula is C27H20N2O3. The van der Waals surface area contributed by atoms with E-state index < -0.39 is 5.97 Å². The Balaban J connectivity index is 1.57. The molecule has 0 bridgehead atoms. The van der Waals surface area contributed by atoms with Gasteiger partial charge in [-0.05, 0) is 58.5 Å². The van der Waals surface area contributed by atoms with Gasteiger partial charge in [0.15, 0.2) is 0 Å². The molecule has 5 rings (SSSR count). The summed E-state index contributed by atoms with van der Waals surface area (Å²) in [6.45, 7) is 2.80. The van der Waals surface area contributed by atoms with E-state index in [1.165, 1.54) is 0 Å². The topological polar surface area (TPSA) is 73.4 Å². The van der Waals surface area contributed by atoms with Gasteiger partial charge in [-0.25, -0.2) is 4.79 Å². The molecule has 3 aromatic carbocycles. The number of carbonyl (C=O) groups is 2. The summed E-state index contributed by atoms with van der Waals surface area (Å²) in [5, 5.41) is 10.9. The summed E-state index contributed by atoms with van der Waals surface area (Å²) in [6.07, 6.45) is 1.86. The van der Waals surface area contributed by atoms with Crippen molar-refractivity contribution in [3.05, 3.63) is 94.7 Å². The molecule has 0 aliphatic carbocycles. The third-order valence-electron chi connectivity index (χ3n) is 5.85. The Kier molecular flexibility index (Phi) is 4.76. The molecule has 1 amide bonds. The van der Waals surface area contributed by atoms with Crippen LogP contribution in [0.2, 0.25) is 0 Å². The van der Waals surface area contributed by atoms with E-state index in [0.717, 1.165) is 33.2 Å². The third-order valence-corrected chi connectivity index (χ3v) is 5.85. The molecule has 5 heteroatoms. The fraction of sp³-hybridized carbons (Fsp3) is 0.111. The van der Waals surface area contributed by atoms with E-state index in [4.69, 9.17) is 0 Å². The van der Waals surface area contributed by atoms with Crippen LogP contribution in [-0.2, 0) is 17.9 Å². The molecule has 32 heavy (non-hydrogen) atoms. The van der Waals surface area contributed by atoms with Crippen molar-refractivity contribution in [1.82, 2.24) is 9.88 Å². The van der Waals surface area contributed by atoms with Crippen LogP contribution < -0.4 is 0 Å². The van der Waals surface area contributed by atoms with Gasteiger partial charge in [0.1, 0.15) is 0 Å². The maximum atomic E-state index is 12.0. The number of hydrogen-bond donors (Lipinski definition) is 2. The molecular weight excluding hydrogens is 400 g/mol. The normalized spacial score (nSPS) is 12.3. The number of carboxylic acid groups (broad SMARTS) is 1. The van der Waals surface area contributed by atoms with Crippen molar-refractivity contribution in [2.24, 2.45) is 0 Å². The first-order valence-corrected chi connectivity index (χ1v) is 10.3. The fourth-order valence-corrected chi connectivity index (χ4v) is 4.18. The van der Waals surface area contributed by atoms with E-state index >= 15 is 0 Å². The first-order valence-electron chi connectivity index (χ1n) is 10.3. The Morgan fingerprint density at radius 1 is 0.969 bits per heavy atom. The highest BCUT2D eigenvalue weighted by molar-refractivity contribution is 5.99. The van der Waals surface area contributed by atoms with Gasteiger partial charge in [0.25, 0.3) is 0 Å². The lowest BCUT2D eigenvalue weighted by Crippen LogP contribution is -2.21. The molecule has 2 N–H and O–H groups in total. The number of nitrogens with one attached hydrogen (secondary N) is 1. The Labute approximate surface area is 185 Å². The van der Waals surface area contributed by atoms with Gasteiger partial charge in [0.05, 0.1) is 5.56 Å². The molecule has 1 aromatic heterocycles. The van der Waals surface area contributed by atoms with Crippen molar-refractivity contribution >= 4 is 22.8 Å².